The standard InChI is InChI=1S/C41H34N2/c1-3-34(19-12-16-30-14-5-4-6-15-30)42-35-25-23-31(24-26-35)36-21-11-13-29(2)41(36)43-39-22-10-9-20-37(39)38-27-32-17-7-8-18-33(32)28-40(38)43/h3-15,17-28,42H,16H2,1-2H3/b19-12-,34-3+. The molecule has 0 fully saturated rings. The van der Waals surface area contributed by atoms with Crippen LogP contribution in [0.15, 0.2) is 157 Å². The number of hydrogen-bond donors (Lipinski definition) is 1. The Hall–Kier alpha value is -5.34. The molecule has 0 atom stereocenters. The van der Waals surface area contributed by atoms with Gasteiger partial charge in [-0.25, -0.2) is 0 Å². The van der Waals surface area contributed by atoms with Crippen molar-refractivity contribution in [2.45, 2.75) is 20.3 Å². The van der Waals surface area contributed by atoms with Gasteiger partial charge in [0, 0.05) is 27.7 Å². The lowest BCUT2D eigenvalue weighted by Crippen LogP contribution is -2.01. The van der Waals surface area contributed by atoms with Crippen molar-refractivity contribution in [1.29, 1.82) is 0 Å². The van der Waals surface area contributed by atoms with Crippen LogP contribution in [0.2, 0.25) is 0 Å². The van der Waals surface area contributed by atoms with E-state index in [1.54, 1.807) is 0 Å². The van der Waals surface area contributed by atoms with Gasteiger partial charge in [0.2, 0.25) is 0 Å². The van der Waals surface area contributed by atoms with Gasteiger partial charge in [0.05, 0.1) is 16.7 Å². The normalized spacial score (nSPS) is 12.1. The quantitative estimate of drug-likeness (QED) is 0.194. The Bertz CT molecular complexity index is 2130. The summed E-state index contributed by atoms with van der Waals surface area (Å²) in [7, 11) is 0. The number of allylic oxidation sites excluding steroid dienone is 3. The fourth-order valence-electron chi connectivity index (χ4n) is 6.13. The lowest BCUT2D eigenvalue weighted by molar-refractivity contribution is 1.15. The zero-order chi connectivity index (χ0) is 29.2. The molecule has 0 amide bonds. The molecule has 2 heteroatoms. The molecule has 1 heterocycles. The van der Waals surface area contributed by atoms with Crippen LogP contribution < -0.4 is 5.32 Å². The molecule has 0 saturated heterocycles. The van der Waals surface area contributed by atoms with E-state index >= 15 is 0 Å². The molecule has 7 aromatic rings. The highest BCUT2D eigenvalue weighted by Gasteiger charge is 2.18. The minimum absolute atomic E-state index is 0.910. The molecule has 1 N–H and O–H groups in total. The molecule has 0 saturated carbocycles. The Morgan fingerprint density at radius 2 is 1.40 bits per heavy atom. The highest BCUT2D eigenvalue weighted by Crippen LogP contribution is 2.39. The Kier molecular flexibility index (Phi) is 7.10. The lowest BCUT2D eigenvalue weighted by Gasteiger charge is -2.17. The van der Waals surface area contributed by atoms with Crippen molar-refractivity contribution in [1.82, 2.24) is 4.57 Å². The third kappa shape index (κ3) is 5.13. The Morgan fingerprint density at radius 3 is 2.19 bits per heavy atom. The maximum absolute atomic E-state index is 3.58. The number of aromatic nitrogens is 1. The second kappa shape index (κ2) is 11.5. The lowest BCUT2D eigenvalue weighted by atomic mass is 9.99. The van der Waals surface area contributed by atoms with Gasteiger partial charge in [-0.2, -0.15) is 0 Å². The van der Waals surface area contributed by atoms with Gasteiger partial charge in [-0.1, -0.05) is 115 Å². The number of aryl methyl sites for hydroxylation is 1. The van der Waals surface area contributed by atoms with Crippen LogP contribution in [-0.4, -0.2) is 4.57 Å². The molecule has 1 aromatic heterocycles. The summed E-state index contributed by atoms with van der Waals surface area (Å²) in [6, 6.07) is 48.1. The van der Waals surface area contributed by atoms with Crippen molar-refractivity contribution in [3.63, 3.8) is 0 Å². The molecule has 43 heavy (non-hydrogen) atoms. The van der Waals surface area contributed by atoms with Crippen LogP contribution in [0.25, 0.3) is 49.4 Å². The van der Waals surface area contributed by atoms with E-state index in [9.17, 15) is 0 Å². The average molecular weight is 555 g/mol. The van der Waals surface area contributed by atoms with Crippen molar-refractivity contribution in [3.05, 3.63) is 169 Å². The first-order valence-electron chi connectivity index (χ1n) is 15.0. The van der Waals surface area contributed by atoms with E-state index in [0.29, 0.717) is 0 Å². The minimum Gasteiger partial charge on any atom is -0.356 e. The van der Waals surface area contributed by atoms with E-state index in [-0.39, 0.29) is 0 Å². The minimum atomic E-state index is 0.910. The topological polar surface area (TPSA) is 17.0 Å². The molecular formula is C41H34N2. The van der Waals surface area contributed by atoms with E-state index in [2.05, 4.69) is 175 Å². The van der Waals surface area contributed by atoms with E-state index < -0.39 is 0 Å². The molecule has 0 bridgehead atoms. The van der Waals surface area contributed by atoms with Gasteiger partial charge in [0.1, 0.15) is 0 Å². The van der Waals surface area contributed by atoms with Crippen molar-refractivity contribution < 1.29 is 0 Å². The number of nitrogens with zero attached hydrogens (tertiary/aromatic N) is 1. The van der Waals surface area contributed by atoms with Gasteiger partial charge in [0.25, 0.3) is 0 Å². The number of anilines is 1. The summed E-state index contributed by atoms with van der Waals surface area (Å²) in [5, 5.41) is 8.65. The molecule has 7 rings (SSSR count). The van der Waals surface area contributed by atoms with E-state index in [0.717, 1.165) is 17.8 Å². The van der Waals surface area contributed by atoms with E-state index in [4.69, 9.17) is 0 Å². The van der Waals surface area contributed by atoms with Crippen LogP contribution >= 0.6 is 0 Å². The summed E-state index contributed by atoms with van der Waals surface area (Å²) in [5.74, 6) is 0. The van der Waals surface area contributed by atoms with Crippen molar-refractivity contribution >= 4 is 38.3 Å². The number of fused-ring (bicyclic) bond motifs is 4. The summed E-state index contributed by atoms with van der Waals surface area (Å²) in [5.41, 5.74) is 10.8. The number of hydrogen-bond acceptors (Lipinski definition) is 1. The molecule has 6 aromatic carbocycles. The summed E-state index contributed by atoms with van der Waals surface area (Å²) in [6.45, 7) is 4.29. The predicted octanol–water partition coefficient (Wildman–Crippen LogP) is 11.0. The van der Waals surface area contributed by atoms with Gasteiger partial charge in [0.15, 0.2) is 0 Å². The monoisotopic (exact) mass is 554 g/mol. The average Bonchev–Trinajstić information content (AvgIpc) is 3.36. The largest absolute Gasteiger partial charge is 0.356 e. The molecule has 0 aliphatic heterocycles. The number of rotatable bonds is 7. The summed E-state index contributed by atoms with van der Waals surface area (Å²) < 4.78 is 2.46. The van der Waals surface area contributed by atoms with Gasteiger partial charge >= 0.3 is 0 Å². The van der Waals surface area contributed by atoms with Gasteiger partial charge in [-0.3, -0.25) is 0 Å². The second-order valence-electron chi connectivity index (χ2n) is 11.1. The van der Waals surface area contributed by atoms with Gasteiger partial charge in [-0.15, -0.1) is 0 Å². The number of nitrogens with one attached hydrogen (secondary N) is 1. The Morgan fingerprint density at radius 1 is 0.674 bits per heavy atom. The van der Waals surface area contributed by atoms with Crippen LogP contribution in [0.1, 0.15) is 18.1 Å². The second-order valence-corrected chi connectivity index (χ2v) is 11.1. The van der Waals surface area contributed by atoms with Gasteiger partial charge in [-0.05, 0) is 84.1 Å². The highest BCUT2D eigenvalue weighted by molar-refractivity contribution is 6.14. The van der Waals surface area contributed by atoms with Crippen molar-refractivity contribution in [2.24, 2.45) is 0 Å². The molecule has 0 spiro atoms. The molecule has 0 unspecified atom stereocenters. The van der Waals surface area contributed by atoms with Gasteiger partial charge < -0.3 is 9.88 Å². The van der Waals surface area contributed by atoms with Crippen LogP contribution in [0.3, 0.4) is 0 Å². The van der Waals surface area contributed by atoms with Crippen molar-refractivity contribution in [2.75, 3.05) is 5.32 Å². The van der Waals surface area contributed by atoms with E-state index in [1.165, 1.54) is 60.5 Å². The van der Waals surface area contributed by atoms with Crippen LogP contribution in [0.5, 0.6) is 0 Å². The van der Waals surface area contributed by atoms with Crippen LogP contribution in [-0.2, 0) is 6.42 Å². The molecule has 0 radical (unpaired) electrons. The molecular weight excluding hydrogens is 520 g/mol. The zero-order valence-corrected chi connectivity index (χ0v) is 24.6. The molecule has 0 aliphatic rings. The third-order valence-electron chi connectivity index (χ3n) is 8.29. The molecule has 2 nitrogen and oxygen atoms in total. The maximum Gasteiger partial charge on any atom is 0.0569 e. The summed E-state index contributed by atoms with van der Waals surface area (Å²) >= 11 is 0. The highest BCUT2D eigenvalue weighted by atomic mass is 15.0. The first kappa shape index (κ1) is 26.6. The Labute approximate surface area is 253 Å². The third-order valence-corrected chi connectivity index (χ3v) is 8.29. The van der Waals surface area contributed by atoms with Crippen molar-refractivity contribution in [3.8, 4) is 16.8 Å². The van der Waals surface area contributed by atoms with Crippen LogP contribution in [0.4, 0.5) is 5.69 Å². The first-order chi connectivity index (χ1) is 21.2. The SMILES string of the molecule is C/C=C(\C=C/Cc1ccccc1)Nc1ccc(-c2cccc(C)c2-n2c3ccccc3c3cc4ccccc4cc32)cc1. The number of benzene rings is 6. The smallest absolute Gasteiger partial charge is 0.0569 e. The van der Waals surface area contributed by atoms with E-state index in [1.807, 2.05) is 0 Å². The molecule has 0 aliphatic carbocycles. The Balaban J connectivity index is 1.26. The fourth-order valence-corrected chi connectivity index (χ4v) is 6.13. The predicted molar refractivity (Wildman–Crippen MR) is 185 cm³/mol. The molecule has 208 valence electrons. The fraction of sp³-hybridized carbons (Fsp3) is 0.0732. The zero-order valence-electron chi connectivity index (χ0n) is 24.6. The maximum atomic E-state index is 3.58. The summed E-state index contributed by atoms with van der Waals surface area (Å²) in [6.07, 6.45) is 7.39. The number of para-hydroxylation sites is 2. The van der Waals surface area contributed by atoms with Crippen LogP contribution in [0, 0.1) is 6.92 Å². The summed E-state index contributed by atoms with van der Waals surface area (Å²) in [4.78, 5) is 0. The first-order valence-corrected chi connectivity index (χ1v) is 15.0.